The molecule has 242 valence electrons. The van der Waals surface area contributed by atoms with Crippen LogP contribution in [0.5, 0.6) is 0 Å². The molecule has 5 fully saturated rings. The fourth-order valence-electron chi connectivity index (χ4n) is 8.43. The molecule has 46 heavy (non-hydrogen) atoms. The van der Waals surface area contributed by atoms with Crippen LogP contribution < -0.4 is 10.6 Å². The van der Waals surface area contributed by atoms with E-state index in [4.69, 9.17) is 9.47 Å². The Kier molecular flexibility index (Phi) is 9.10. The van der Waals surface area contributed by atoms with E-state index in [1.54, 1.807) is 23.9 Å². The molecule has 0 radical (unpaired) electrons. The number of aliphatic hydroxyl groups excluding tert-OH is 1. The van der Waals surface area contributed by atoms with Gasteiger partial charge in [-0.15, -0.1) is 11.8 Å². The molecule has 1 saturated heterocycles. The number of urea groups is 1. The molecule has 8 nitrogen and oxygen atoms in total. The van der Waals surface area contributed by atoms with E-state index in [0.717, 1.165) is 64.2 Å². The van der Waals surface area contributed by atoms with Crippen LogP contribution in [0.3, 0.4) is 0 Å². The Bertz CT molecular complexity index is 1490. The van der Waals surface area contributed by atoms with Crippen molar-refractivity contribution in [2.24, 2.45) is 17.8 Å². The summed E-state index contributed by atoms with van der Waals surface area (Å²) >= 11 is 1.63. The number of benzene rings is 3. The second-order valence-electron chi connectivity index (χ2n) is 13.7. The molecule has 4 N–H and O–H groups in total. The number of carboxylic acid groups (broad SMARTS) is 1. The summed E-state index contributed by atoms with van der Waals surface area (Å²) in [6.45, 7) is 0.438. The number of ether oxygens (including phenoxy) is 2. The quantitative estimate of drug-likeness (QED) is 0.176. The van der Waals surface area contributed by atoms with Crippen LogP contribution in [0.15, 0.2) is 77.7 Å². The molecular formula is C37H42N2O6S. The maximum atomic E-state index is 13.0. The molecule has 1 aliphatic heterocycles. The molecule has 5 aliphatic rings. The monoisotopic (exact) mass is 642 g/mol. The van der Waals surface area contributed by atoms with Crippen molar-refractivity contribution in [3.05, 3.63) is 101 Å². The number of aromatic carboxylic acids is 1. The molecular weight excluding hydrogens is 600 g/mol. The maximum Gasteiger partial charge on any atom is 0.335 e. The zero-order valence-electron chi connectivity index (χ0n) is 25.9. The third-order valence-electron chi connectivity index (χ3n) is 10.3. The van der Waals surface area contributed by atoms with Gasteiger partial charge in [0.25, 0.3) is 0 Å². The van der Waals surface area contributed by atoms with Crippen molar-refractivity contribution in [2.45, 2.75) is 87.0 Å². The topological polar surface area (TPSA) is 117 Å². The fraction of sp³-hybridized carbons (Fsp3) is 0.459. The Hall–Kier alpha value is -3.37. The number of nitrogens with one attached hydrogen (secondary N) is 2. The summed E-state index contributed by atoms with van der Waals surface area (Å²) in [4.78, 5) is 25.2. The summed E-state index contributed by atoms with van der Waals surface area (Å²) in [6, 6.07) is 22.7. The lowest BCUT2D eigenvalue weighted by Gasteiger charge is -2.56. The van der Waals surface area contributed by atoms with E-state index in [9.17, 15) is 19.8 Å². The molecule has 0 unspecified atom stereocenters. The maximum absolute atomic E-state index is 13.0. The van der Waals surface area contributed by atoms with Gasteiger partial charge in [-0.2, -0.15) is 0 Å². The van der Waals surface area contributed by atoms with Gasteiger partial charge >= 0.3 is 12.0 Å². The number of hydrogen-bond acceptors (Lipinski definition) is 6. The van der Waals surface area contributed by atoms with E-state index in [0.29, 0.717) is 18.7 Å². The number of carbonyl (C=O) groups excluding carboxylic acids is 1. The van der Waals surface area contributed by atoms with Gasteiger partial charge in [0.05, 0.1) is 24.4 Å². The SMILES string of the molecule is O=C(NCc1ccc([C@@H]2O[C@H](CSc3ccc(C(=O)O)cc3)C[C@H](c3ccc(CO)cc3)O2)cc1)NC12CC3CC(CC(C3)C1)C2. The molecule has 4 bridgehead atoms. The Morgan fingerprint density at radius 1 is 0.783 bits per heavy atom. The second kappa shape index (κ2) is 13.4. The molecule has 4 saturated carbocycles. The summed E-state index contributed by atoms with van der Waals surface area (Å²) in [7, 11) is 0. The predicted octanol–water partition coefficient (Wildman–Crippen LogP) is 6.98. The molecule has 2 amide bonds. The summed E-state index contributed by atoms with van der Waals surface area (Å²) in [5, 5.41) is 25.2. The third-order valence-corrected chi connectivity index (χ3v) is 11.4. The van der Waals surface area contributed by atoms with E-state index in [-0.39, 0.29) is 35.9 Å². The number of aliphatic hydroxyl groups is 1. The molecule has 0 spiro atoms. The van der Waals surface area contributed by atoms with Gasteiger partial charge in [-0.25, -0.2) is 9.59 Å². The average molecular weight is 643 g/mol. The van der Waals surface area contributed by atoms with Gasteiger partial charge in [0.2, 0.25) is 0 Å². The highest BCUT2D eigenvalue weighted by molar-refractivity contribution is 7.99. The Balaban J connectivity index is 0.984. The van der Waals surface area contributed by atoms with Crippen LogP contribution in [-0.2, 0) is 22.6 Å². The van der Waals surface area contributed by atoms with E-state index in [1.165, 1.54) is 19.3 Å². The van der Waals surface area contributed by atoms with Gasteiger partial charge < -0.3 is 30.3 Å². The van der Waals surface area contributed by atoms with Crippen LogP contribution in [0.4, 0.5) is 4.79 Å². The average Bonchev–Trinajstić information content (AvgIpc) is 3.06. The van der Waals surface area contributed by atoms with E-state index in [1.807, 2.05) is 60.7 Å². The first-order chi connectivity index (χ1) is 22.3. The van der Waals surface area contributed by atoms with Crippen molar-refractivity contribution in [1.82, 2.24) is 10.6 Å². The van der Waals surface area contributed by atoms with E-state index < -0.39 is 12.3 Å². The second-order valence-corrected chi connectivity index (χ2v) is 14.8. The van der Waals surface area contributed by atoms with Crippen molar-refractivity contribution in [3.63, 3.8) is 0 Å². The Morgan fingerprint density at radius 2 is 1.39 bits per heavy atom. The fourth-order valence-corrected chi connectivity index (χ4v) is 9.35. The van der Waals surface area contributed by atoms with Crippen molar-refractivity contribution < 1.29 is 29.3 Å². The van der Waals surface area contributed by atoms with Crippen LogP contribution in [0.2, 0.25) is 0 Å². The molecule has 9 heteroatoms. The van der Waals surface area contributed by atoms with Crippen molar-refractivity contribution in [1.29, 1.82) is 0 Å². The minimum atomic E-state index is -0.940. The van der Waals surface area contributed by atoms with Gasteiger partial charge in [-0.1, -0.05) is 48.5 Å². The van der Waals surface area contributed by atoms with Crippen molar-refractivity contribution in [2.75, 3.05) is 5.75 Å². The third kappa shape index (κ3) is 7.13. The minimum absolute atomic E-state index is 0.00986. The standard InChI is InChI=1S/C37H42N2O6S/c40-21-24-3-5-28(6-4-24)33-16-31(22-46-32-11-9-29(10-12-32)34(41)42)44-35(45-33)30-7-1-23(2-8-30)20-38-36(43)39-37-17-25-13-26(18-37)15-27(14-25)19-37/h1-12,25-27,31,33,35,40H,13-22H2,(H,41,42)(H2,38,39,43)/t25?,26?,27?,31-,33+,35+,37?/m0/s1. The summed E-state index contributed by atoms with van der Waals surface area (Å²) in [5.41, 5.74) is 4.04. The van der Waals surface area contributed by atoms with Crippen LogP contribution in [0, 0.1) is 17.8 Å². The van der Waals surface area contributed by atoms with E-state index in [2.05, 4.69) is 10.6 Å². The lowest BCUT2D eigenvalue weighted by atomic mass is 9.53. The molecule has 1 heterocycles. The summed E-state index contributed by atoms with van der Waals surface area (Å²) in [5.74, 6) is 2.09. The molecule has 3 aromatic rings. The van der Waals surface area contributed by atoms with Gasteiger partial charge in [0.15, 0.2) is 6.29 Å². The van der Waals surface area contributed by atoms with Gasteiger partial charge in [-0.05, 0) is 97.2 Å². The van der Waals surface area contributed by atoms with E-state index >= 15 is 0 Å². The van der Waals surface area contributed by atoms with Crippen LogP contribution in [-0.4, -0.2) is 39.6 Å². The number of carboxylic acids is 1. The van der Waals surface area contributed by atoms with Gasteiger partial charge in [0.1, 0.15) is 0 Å². The highest BCUT2D eigenvalue weighted by Crippen LogP contribution is 2.55. The highest BCUT2D eigenvalue weighted by atomic mass is 32.2. The lowest BCUT2D eigenvalue weighted by molar-refractivity contribution is -0.245. The van der Waals surface area contributed by atoms with Crippen molar-refractivity contribution in [3.8, 4) is 0 Å². The minimum Gasteiger partial charge on any atom is -0.478 e. The number of carbonyl (C=O) groups is 2. The Labute approximate surface area is 274 Å². The van der Waals surface area contributed by atoms with Crippen LogP contribution in [0.1, 0.15) is 90.0 Å². The zero-order valence-corrected chi connectivity index (χ0v) is 26.7. The highest BCUT2D eigenvalue weighted by Gasteiger charge is 2.51. The Morgan fingerprint density at radius 3 is 2.00 bits per heavy atom. The molecule has 4 aliphatic carbocycles. The van der Waals surface area contributed by atoms with Crippen molar-refractivity contribution >= 4 is 23.8 Å². The van der Waals surface area contributed by atoms with Gasteiger partial charge in [0, 0.05) is 34.7 Å². The normalized spacial score (nSPS) is 29.8. The first-order valence-corrected chi connectivity index (χ1v) is 17.4. The molecule has 0 aromatic heterocycles. The first-order valence-electron chi connectivity index (χ1n) is 16.4. The molecule has 3 aromatic carbocycles. The number of thioether (sulfide) groups is 1. The number of amides is 2. The van der Waals surface area contributed by atoms with Crippen LogP contribution in [0.25, 0.3) is 0 Å². The summed E-state index contributed by atoms with van der Waals surface area (Å²) < 4.78 is 13.0. The zero-order chi connectivity index (χ0) is 31.7. The molecule has 8 rings (SSSR count). The number of rotatable bonds is 10. The smallest absolute Gasteiger partial charge is 0.335 e. The first kappa shape index (κ1) is 31.2. The predicted molar refractivity (Wildman–Crippen MR) is 175 cm³/mol. The summed E-state index contributed by atoms with van der Waals surface area (Å²) in [6.07, 6.45) is 7.23. The van der Waals surface area contributed by atoms with Gasteiger partial charge in [-0.3, -0.25) is 0 Å². The number of hydrogen-bond donors (Lipinski definition) is 4. The molecule has 3 atom stereocenters. The largest absolute Gasteiger partial charge is 0.478 e. The lowest BCUT2D eigenvalue weighted by Crippen LogP contribution is -2.61. The van der Waals surface area contributed by atoms with Crippen LogP contribution >= 0.6 is 11.8 Å².